The number of hydrogen-bond donors (Lipinski definition) is 3. The molecule has 0 unspecified atom stereocenters. The third-order valence-electron chi connectivity index (χ3n) is 1.32. The number of aromatic nitrogens is 1. The van der Waals surface area contributed by atoms with Crippen molar-refractivity contribution >= 4 is 13.1 Å². The zero-order chi connectivity index (χ0) is 9.84. The second kappa shape index (κ2) is 3.97. The maximum absolute atomic E-state index is 8.47. The van der Waals surface area contributed by atoms with Crippen LogP contribution in [0.2, 0.25) is 0 Å². The molecule has 0 spiro atoms. The van der Waals surface area contributed by atoms with Crippen molar-refractivity contribution in [3.05, 3.63) is 12.3 Å². The molecule has 0 saturated carbocycles. The van der Waals surface area contributed by atoms with E-state index >= 15 is 0 Å². The normalized spacial score (nSPS) is 9.46. The summed E-state index contributed by atoms with van der Waals surface area (Å²) < 4.78 is 9.36. The maximum Gasteiger partial charge on any atom is 0.707 e. The van der Waals surface area contributed by atoms with E-state index in [0.29, 0.717) is 5.75 Å². The Balaban J connectivity index is 2.86. The molecule has 1 heterocycles. The van der Waals surface area contributed by atoms with Crippen molar-refractivity contribution in [2.45, 2.75) is 0 Å². The first-order chi connectivity index (χ1) is 6.13. The van der Waals surface area contributed by atoms with Gasteiger partial charge in [-0.25, -0.2) is 4.98 Å². The van der Waals surface area contributed by atoms with Gasteiger partial charge in [-0.1, -0.05) is 0 Å². The standard InChI is InChI=1S/C6H9BN2O4/c1-12-5-2-4(13-7(10)11)3-9-6(5)8/h2-3,10-11H,1H3,(H2,8,9). The van der Waals surface area contributed by atoms with Gasteiger partial charge >= 0.3 is 7.32 Å². The van der Waals surface area contributed by atoms with Crippen molar-refractivity contribution in [3.8, 4) is 11.5 Å². The summed E-state index contributed by atoms with van der Waals surface area (Å²) in [5.74, 6) is 0.696. The van der Waals surface area contributed by atoms with Crippen LogP contribution in [0.15, 0.2) is 12.3 Å². The first kappa shape index (κ1) is 9.62. The molecule has 0 fully saturated rings. The van der Waals surface area contributed by atoms with Gasteiger partial charge in [0.1, 0.15) is 5.75 Å². The van der Waals surface area contributed by atoms with Gasteiger partial charge in [-0.15, -0.1) is 0 Å². The maximum atomic E-state index is 8.47. The summed E-state index contributed by atoms with van der Waals surface area (Å²) in [5, 5.41) is 16.9. The van der Waals surface area contributed by atoms with E-state index in [2.05, 4.69) is 9.64 Å². The largest absolute Gasteiger partial charge is 0.707 e. The molecule has 0 aliphatic rings. The Hall–Kier alpha value is -1.47. The van der Waals surface area contributed by atoms with Crippen molar-refractivity contribution in [3.63, 3.8) is 0 Å². The summed E-state index contributed by atoms with van der Waals surface area (Å²) in [6, 6.07) is 1.40. The molecule has 0 radical (unpaired) electrons. The fourth-order valence-corrected chi connectivity index (χ4v) is 0.787. The Morgan fingerprint density at radius 2 is 2.23 bits per heavy atom. The van der Waals surface area contributed by atoms with Crippen molar-refractivity contribution in [2.75, 3.05) is 12.8 Å². The number of anilines is 1. The minimum atomic E-state index is -1.88. The molecule has 0 atom stereocenters. The molecule has 6 nitrogen and oxygen atoms in total. The van der Waals surface area contributed by atoms with Crippen LogP contribution in [0.5, 0.6) is 11.5 Å². The number of nitrogen functional groups attached to an aromatic ring is 1. The van der Waals surface area contributed by atoms with Gasteiger partial charge in [0.05, 0.1) is 13.3 Å². The Morgan fingerprint density at radius 1 is 1.54 bits per heavy atom. The number of pyridine rings is 1. The molecule has 1 rings (SSSR count). The van der Waals surface area contributed by atoms with E-state index in [0.717, 1.165) is 0 Å². The minimum absolute atomic E-state index is 0.168. The predicted molar refractivity (Wildman–Crippen MR) is 46.0 cm³/mol. The summed E-state index contributed by atoms with van der Waals surface area (Å²) in [6.07, 6.45) is 1.26. The van der Waals surface area contributed by atoms with Crippen LogP contribution in [0, 0.1) is 0 Å². The van der Waals surface area contributed by atoms with Crippen LogP contribution in [0.4, 0.5) is 5.82 Å². The van der Waals surface area contributed by atoms with Crippen molar-refractivity contribution in [2.24, 2.45) is 0 Å². The van der Waals surface area contributed by atoms with E-state index in [-0.39, 0.29) is 11.6 Å². The van der Waals surface area contributed by atoms with E-state index in [1.54, 1.807) is 0 Å². The molecular weight excluding hydrogens is 175 g/mol. The van der Waals surface area contributed by atoms with Crippen molar-refractivity contribution in [1.82, 2.24) is 4.98 Å². The molecule has 1 aromatic heterocycles. The average Bonchev–Trinajstić information content (AvgIpc) is 2.07. The monoisotopic (exact) mass is 184 g/mol. The van der Waals surface area contributed by atoms with Crippen molar-refractivity contribution < 1.29 is 19.4 Å². The third kappa shape index (κ3) is 2.50. The molecule has 4 N–H and O–H groups in total. The van der Waals surface area contributed by atoms with Gasteiger partial charge in [0.25, 0.3) is 0 Å². The quantitative estimate of drug-likeness (QED) is 0.522. The number of nitrogens with zero attached hydrogens (tertiary/aromatic N) is 1. The van der Waals surface area contributed by atoms with Crippen LogP contribution >= 0.6 is 0 Å². The first-order valence-corrected chi connectivity index (χ1v) is 3.46. The van der Waals surface area contributed by atoms with Gasteiger partial charge in [-0.3, -0.25) is 0 Å². The van der Waals surface area contributed by atoms with Crippen LogP contribution in [-0.2, 0) is 0 Å². The highest BCUT2D eigenvalue weighted by molar-refractivity contribution is 6.33. The van der Waals surface area contributed by atoms with Crippen LogP contribution in [-0.4, -0.2) is 29.5 Å². The van der Waals surface area contributed by atoms with Gasteiger partial charge in [-0.05, 0) is 0 Å². The Bertz CT molecular complexity index is 294. The van der Waals surface area contributed by atoms with Crippen LogP contribution in [0.3, 0.4) is 0 Å². The van der Waals surface area contributed by atoms with Crippen LogP contribution < -0.4 is 15.1 Å². The third-order valence-corrected chi connectivity index (χ3v) is 1.32. The summed E-state index contributed by atoms with van der Waals surface area (Å²) in [6.45, 7) is 0. The lowest BCUT2D eigenvalue weighted by molar-refractivity contribution is 0.287. The molecular formula is C6H9BN2O4. The van der Waals surface area contributed by atoms with Gasteiger partial charge < -0.3 is 25.2 Å². The fourth-order valence-electron chi connectivity index (χ4n) is 0.787. The summed E-state index contributed by atoms with van der Waals surface area (Å²) in [4.78, 5) is 3.71. The number of rotatable bonds is 3. The molecule has 70 valence electrons. The highest BCUT2D eigenvalue weighted by atomic mass is 16.6. The Labute approximate surface area is 75.1 Å². The van der Waals surface area contributed by atoms with Crippen molar-refractivity contribution in [1.29, 1.82) is 0 Å². The zero-order valence-electron chi connectivity index (χ0n) is 6.97. The first-order valence-electron chi connectivity index (χ1n) is 3.46. The highest BCUT2D eigenvalue weighted by Gasteiger charge is 2.12. The molecule has 0 aliphatic heterocycles. The molecule has 0 saturated heterocycles. The lowest BCUT2D eigenvalue weighted by Crippen LogP contribution is -2.20. The van der Waals surface area contributed by atoms with E-state index in [9.17, 15) is 0 Å². The number of methoxy groups -OCH3 is 1. The number of hydrogen-bond acceptors (Lipinski definition) is 6. The van der Waals surface area contributed by atoms with E-state index < -0.39 is 7.32 Å². The van der Waals surface area contributed by atoms with E-state index in [1.807, 2.05) is 0 Å². The molecule has 0 amide bonds. The lowest BCUT2D eigenvalue weighted by atomic mass is 10.2. The Kier molecular flexibility index (Phi) is 2.94. The second-order valence-electron chi connectivity index (χ2n) is 2.20. The predicted octanol–water partition coefficient (Wildman–Crippen LogP) is -0.979. The van der Waals surface area contributed by atoms with Gasteiger partial charge in [-0.2, -0.15) is 0 Å². The molecule has 0 aromatic carbocycles. The minimum Gasteiger partial charge on any atom is -0.511 e. The molecule has 0 aliphatic carbocycles. The summed E-state index contributed by atoms with van der Waals surface area (Å²) in [5.41, 5.74) is 5.41. The molecule has 0 bridgehead atoms. The molecule has 13 heavy (non-hydrogen) atoms. The Morgan fingerprint density at radius 3 is 2.77 bits per heavy atom. The topological polar surface area (TPSA) is 97.8 Å². The van der Waals surface area contributed by atoms with Crippen LogP contribution in [0.25, 0.3) is 0 Å². The van der Waals surface area contributed by atoms with Crippen LogP contribution in [0.1, 0.15) is 0 Å². The van der Waals surface area contributed by atoms with Gasteiger partial charge in [0, 0.05) is 6.07 Å². The number of ether oxygens (including phenoxy) is 1. The number of nitrogens with two attached hydrogens (primary N) is 1. The smallest absolute Gasteiger partial charge is 0.511 e. The van der Waals surface area contributed by atoms with Gasteiger partial charge in [0.2, 0.25) is 0 Å². The average molecular weight is 184 g/mol. The second-order valence-corrected chi connectivity index (χ2v) is 2.20. The molecule has 7 heteroatoms. The van der Waals surface area contributed by atoms with E-state index in [1.165, 1.54) is 19.4 Å². The van der Waals surface area contributed by atoms with E-state index in [4.69, 9.17) is 20.5 Å². The SMILES string of the molecule is COc1cc(OB(O)O)cnc1N. The van der Waals surface area contributed by atoms with Gasteiger partial charge in [0.15, 0.2) is 11.6 Å². The summed E-state index contributed by atoms with van der Waals surface area (Å²) >= 11 is 0. The lowest BCUT2D eigenvalue weighted by Gasteiger charge is -2.07. The fraction of sp³-hybridized carbons (Fsp3) is 0.167. The highest BCUT2D eigenvalue weighted by Crippen LogP contribution is 2.23. The molecule has 1 aromatic rings. The zero-order valence-corrected chi connectivity index (χ0v) is 6.97. The summed E-state index contributed by atoms with van der Waals surface area (Å²) in [7, 11) is -0.456.